The highest BCUT2D eigenvalue weighted by Crippen LogP contribution is 2.57. The molecule has 6 saturated carbocycles. The maximum absolute atomic E-state index is 10.5. The van der Waals surface area contributed by atoms with Gasteiger partial charge in [-0.25, -0.2) is 0 Å². The molecule has 414 valence electrons. The van der Waals surface area contributed by atoms with Crippen LogP contribution in [0.25, 0.3) is 0 Å². The Balaban J connectivity index is 0.000000464. The highest BCUT2D eigenvalue weighted by Gasteiger charge is 2.46. The molecular weight excluding hydrogens is 900 g/mol. The van der Waals surface area contributed by atoms with Crippen molar-refractivity contribution in [3.05, 3.63) is 108 Å². The van der Waals surface area contributed by atoms with E-state index in [9.17, 15) is 10.2 Å². The van der Waals surface area contributed by atoms with Crippen LogP contribution < -0.4 is 21.0 Å². The van der Waals surface area contributed by atoms with Crippen molar-refractivity contribution in [2.75, 3.05) is 27.2 Å². The van der Waals surface area contributed by atoms with Crippen molar-refractivity contribution in [2.45, 2.75) is 240 Å². The summed E-state index contributed by atoms with van der Waals surface area (Å²) in [6.07, 6.45) is 21.5. The zero-order chi connectivity index (χ0) is 53.7. The fourth-order valence-electron chi connectivity index (χ4n) is 12.6. The maximum atomic E-state index is 10.5. The van der Waals surface area contributed by atoms with E-state index in [1.165, 1.54) is 114 Å². The molecule has 0 bridgehead atoms. The number of nitrogens with one attached hydrogen (secondary N) is 4. The molecule has 7 aliphatic rings. The van der Waals surface area contributed by atoms with Crippen molar-refractivity contribution < 1.29 is 10.2 Å². The maximum Gasteiger partial charge on any atom is 0.0577 e. The summed E-state index contributed by atoms with van der Waals surface area (Å²) in [5, 5.41) is 34.4. The molecule has 6 aliphatic carbocycles. The first-order valence-electron chi connectivity index (χ1n) is 30.4. The fraction of sp³-hybridized carbons (Fsp3) is 0.723. The van der Waals surface area contributed by atoms with Gasteiger partial charge in [0.05, 0.1) is 12.2 Å². The van der Waals surface area contributed by atoms with Gasteiger partial charge in [-0.3, -0.25) is 5.09 Å². The van der Waals surface area contributed by atoms with E-state index in [-0.39, 0.29) is 12.2 Å². The van der Waals surface area contributed by atoms with E-state index in [1.54, 1.807) is 5.56 Å². The molecule has 3 aromatic carbocycles. The zero-order valence-corrected chi connectivity index (χ0v) is 50.3. The Morgan fingerprint density at radius 2 is 0.750 bits per heavy atom. The summed E-state index contributed by atoms with van der Waals surface area (Å²) in [5.41, 5.74) is 4.40. The Labute approximate surface area is 449 Å². The predicted octanol–water partition coefficient (Wildman–Crippen LogP) is 16.1. The second-order valence-corrected chi connectivity index (χ2v) is 20.3. The molecule has 7 fully saturated rings. The Hall–Kier alpha value is -2.15. The van der Waals surface area contributed by atoms with Crippen molar-refractivity contribution in [3.8, 4) is 0 Å². The average Bonchev–Trinajstić information content (AvgIpc) is 3.72. The van der Waals surface area contributed by atoms with E-state index in [0.717, 1.165) is 37.1 Å². The molecule has 1 aliphatic heterocycles. The van der Waals surface area contributed by atoms with Crippen LogP contribution in [0.5, 0.6) is 0 Å². The van der Waals surface area contributed by atoms with Crippen LogP contribution in [-0.2, 0) is 0 Å². The summed E-state index contributed by atoms with van der Waals surface area (Å²) >= 11 is 0. The molecule has 6 N–H and O–H groups in total. The second kappa shape index (κ2) is 42.0. The molecule has 3 aromatic rings. The molecule has 0 amide bonds. The summed E-state index contributed by atoms with van der Waals surface area (Å²) in [6, 6.07) is 34.5. The van der Waals surface area contributed by atoms with Gasteiger partial charge in [-0.2, -0.15) is 0 Å². The van der Waals surface area contributed by atoms with Crippen LogP contribution in [0.2, 0.25) is 0 Å². The predicted molar refractivity (Wildman–Crippen MR) is 322 cm³/mol. The van der Waals surface area contributed by atoms with Crippen molar-refractivity contribution in [1.82, 2.24) is 21.0 Å². The van der Waals surface area contributed by atoms with Crippen LogP contribution >= 0.6 is 9.39 Å². The fourth-order valence-corrected chi connectivity index (χ4v) is 12.9. The quantitative estimate of drug-likeness (QED) is 0.126. The Morgan fingerprint density at radius 1 is 0.403 bits per heavy atom. The summed E-state index contributed by atoms with van der Waals surface area (Å²) < 4.78 is 0. The summed E-state index contributed by atoms with van der Waals surface area (Å²) in [7, 11) is 6.71. The first-order chi connectivity index (χ1) is 35.4. The molecule has 1 heterocycles. The average molecular weight is 1020 g/mol. The van der Waals surface area contributed by atoms with Gasteiger partial charge in [-0.1, -0.05) is 196 Å². The third kappa shape index (κ3) is 23.4. The number of hydrogen-bond donors (Lipinski definition) is 6. The van der Waals surface area contributed by atoms with Crippen LogP contribution in [0.3, 0.4) is 0 Å². The SMILES string of the molecule is CC.CC.CC.CC.CC.CC.CNC1CCCC([C@@H]2C[C@H](c3ccccc3)C[C@H]2O)C1.CNC1CCCC([C@H]2C[C@@H](c3ccccc3)C[C@@H]2O)C1.PNC1CCCNC1.c1ccc(C2C[C@@H]3C[C@@H]3C2)cc1. The smallest absolute Gasteiger partial charge is 0.0577 e. The summed E-state index contributed by atoms with van der Waals surface area (Å²) in [4.78, 5) is 0. The molecule has 0 spiro atoms. The third-order valence-electron chi connectivity index (χ3n) is 16.2. The van der Waals surface area contributed by atoms with E-state index in [2.05, 4.69) is 136 Å². The minimum Gasteiger partial charge on any atom is -0.393 e. The number of fused-ring (bicyclic) bond motifs is 1. The zero-order valence-electron chi connectivity index (χ0n) is 49.1. The molecule has 7 heteroatoms. The van der Waals surface area contributed by atoms with Crippen molar-refractivity contribution in [1.29, 1.82) is 0 Å². The van der Waals surface area contributed by atoms with Gasteiger partial charge in [0, 0.05) is 24.7 Å². The van der Waals surface area contributed by atoms with Gasteiger partial charge in [0.15, 0.2) is 0 Å². The van der Waals surface area contributed by atoms with Gasteiger partial charge >= 0.3 is 0 Å². The van der Waals surface area contributed by atoms with Gasteiger partial charge in [0.1, 0.15) is 0 Å². The normalized spacial score (nSPS) is 31.3. The monoisotopic (exact) mass is 1020 g/mol. The molecule has 6 nitrogen and oxygen atoms in total. The largest absolute Gasteiger partial charge is 0.393 e. The number of piperidine rings is 1. The van der Waals surface area contributed by atoms with E-state index in [4.69, 9.17) is 0 Å². The van der Waals surface area contributed by atoms with Crippen molar-refractivity contribution in [2.24, 2.45) is 35.5 Å². The second-order valence-electron chi connectivity index (χ2n) is 20.0. The van der Waals surface area contributed by atoms with Gasteiger partial charge in [-0.05, 0) is 187 Å². The summed E-state index contributed by atoms with van der Waals surface area (Å²) in [6.45, 7) is 26.3. The molecular formula is C65H117N4O2P. The van der Waals surface area contributed by atoms with E-state index < -0.39 is 0 Å². The molecule has 72 heavy (non-hydrogen) atoms. The van der Waals surface area contributed by atoms with Crippen molar-refractivity contribution in [3.63, 3.8) is 0 Å². The molecule has 15 atom stereocenters. The van der Waals surface area contributed by atoms with Gasteiger partial charge in [0.2, 0.25) is 0 Å². The van der Waals surface area contributed by atoms with E-state index in [0.29, 0.717) is 53.6 Å². The van der Waals surface area contributed by atoms with Gasteiger partial charge in [-0.15, -0.1) is 0 Å². The minimum absolute atomic E-state index is 0.0965. The lowest BCUT2D eigenvalue weighted by Crippen LogP contribution is -2.39. The molecule has 7 unspecified atom stereocenters. The lowest BCUT2D eigenvalue weighted by atomic mass is 9.76. The standard InChI is InChI=1S/2C18H27NO.C12H14.C5H13N2P.6C2H6/c2*1-19-16-9-5-8-14(10-16)17-11-15(12-18(17)20)13-6-3-2-4-7-13;1-2-4-9(5-3-1)10-6-11-8-12(11)7-10;8-7-5-2-1-3-6-4-5;6*1-2/h2*2-4,6-7,14-20H,5,8-12H2,1H3;1-5,10-12H,6-8H2;5-7H,1-4,8H2;6*1-2H3/t2*14?,15-,16?,17-,18+;10?,11-,12+;;;;;;;/m10......../s1. The molecule has 10 rings (SSSR count). The number of rotatable bonds is 8. The third-order valence-corrected chi connectivity index (χ3v) is 16.7. The van der Waals surface area contributed by atoms with Crippen molar-refractivity contribution >= 4 is 9.39 Å². The van der Waals surface area contributed by atoms with E-state index in [1.807, 2.05) is 83.1 Å². The number of aliphatic hydroxyl groups excluding tert-OH is 2. The van der Waals surface area contributed by atoms with Gasteiger partial charge in [0.25, 0.3) is 0 Å². The van der Waals surface area contributed by atoms with Crippen LogP contribution in [0.4, 0.5) is 0 Å². The molecule has 1 saturated heterocycles. The first-order valence-corrected chi connectivity index (χ1v) is 31.0. The van der Waals surface area contributed by atoms with Crippen LogP contribution in [-0.4, -0.2) is 67.7 Å². The Morgan fingerprint density at radius 3 is 1.06 bits per heavy atom. The Kier molecular flexibility index (Phi) is 39.6. The number of benzene rings is 3. The number of aliphatic hydroxyl groups is 2. The van der Waals surface area contributed by atoms with Gasteiger partial charge < -0.3 is 26.2 Å². The topological polar surface area (TPSA) is 88.6 Å². The van der Waals surface area contributed by atoms with E-state index >= 15 is 0 Å². The lowest BCUT2D eigenvalue weighted by Gasteiger charge is -2.34. The lowest BCUT2D eigenvalue weighted by molar-refractivity contribution is 0.0770. The Bertz CT molecular complexity index is 1540. The van der Waals surface area contributed by atoms with Crippen LogP contribution in [0.1, 0.15) is 227 Å². The summed E-state index contributed by atoms with van der Waals surface area (Å²) in [5.74, 6) is 6.68. The number of hydrogen-bond acceptors (Lipinski definition) is 6. The molecule has 0 aromatic heterocycles. The van der Waals surface area contributed by atoms with Crippen LogP contribution in [0, 0.1) is 35.5 Å². The highest BCUT2D eigenvalue weighted by molar-refractivity contribution is 7.13. The minimum atomic E-state index is -0.0965. The molecule has 0 radical (unpaired) electrons. The highest BCUT2D eigenvalue weighted by atomic mass is 31.0. The first kappa shape index (κ1) is 67.9. The van der Waals surface area contributed by atoms with Crippen LogP contribution in [0.15, 0.2) is 91.0 Å².